The molecule has 0 aliphatic rings. The van der Waals surface area contributed by atoms with Crippen molar-refractivity contribution in [1.82, 2.24) is 0 Å². The van der Waals surface area contributed by atoms with E-state index in [0.717, 1.165) is 7.11 Å². The molecule has 0 aromatic heterocycles. The van der Waals surface area contributed by atoms with E-state index in [4.69, 9.17) is 10.2 Å². The number of carbonyl (C=O) groups excluding carboxylic acids is 1. The Kier molecular flexibility index (Phi) is 35.1. The number of ether oxygens (including phenoxy) is 1. The van der Waals surface area contributed by atoms with Crippen molar-refractivity contribution in [3.8, 4) is 0 Å². The Balaban J connectivity index is -0.0000000829. The average molecular weight is 276 g/mol. The van der Waals surface area contributed by atoms with Gasteiger partial charge in [-0.1, -0.05) is 36.4 Å². The third-order valence-electron chi connectivity index (χ3n) is 1.01. The lowest BCUT2D eigenvalue weighted by Gasteiger charge is -1.89. The summed E-state index contributed by atoms with van der Waals surface area (Å²) in [5.74, 6) is -0.211. The van der Waals surface area contributed by atoms with Gasteiger partial charge >= 0.3 is 5.97 Å². The van der Waals surface area contributed by atoms with Crippen molar-refractivity contribution in [3.63, 3.8) is 0 Å². The number of benzene rings is 1. The van der Waals surface area contributed by atoms with Crippen molar-refractivity contribution in [2.45, 2.75) is 33.8 Å². The van der Waals surface area contributed by atoms with Crippen LogP contribution in [0.5, 0.6) is 0 Å². The minimum atomic E-state index is -0.211. The summed E-state index contributed by atoms with van der Waals surface area (Å²) in [6, 6.07) is 12.0. The molecule has 0 radical (unpaired) electrons. The molecule has 4 N–H and O–H groups in total. The topological polar surface area (TPSA) is 98.3 Å². The van der Waals surface area contributed by atoms with Gasteiger partial charge < -0.3 is 20.4 Å². The Bertz CT molecular complexity index is 207. The summed E-state index contributed by atoms with van der Waals surface area (Å²) in [5.41, 5.74) is 0. The minimum Gasteiger partial charge on any atom is -0.466 e. The van der Waals surface area contributed by atoms with Gasteiger partial charge in [-0.25, -0.2) is 0 Å². The molecule has 1 aromatic carbocycles. The zero-order chi connectivity index (χ0) is 14.8. The molecule has 0 aliphatic heterocycles. The molecule has 0 atom stereocenters. The van der Waals surface area contributed by atoms with Crippen molar-refractivity contribution in [3.05, 3.63) is 36.4 Å². The molecule has 0 amide bonds. The van der Waals surface area contributed by atoms with Crippen LogP contribution in [0.3, 0.4) is 0 Å². The highest BCUT2D eigenvalue weighted by Gasteiger charge is 1.81. The maximum absolute atomic E-state index is 9.82. The summed E-state index contributed by atoms with van der Waals surface area (Å²) >= 11 is 0. The molecule has 0 spiro atoms. The molecule has 0 heterocycles. The first-order valence-electron chi connectivity index (χ1n) is 5.76. The smallest absolute Gasteiger partial charge is 0.302 e. The predicted molar refractivity (Wildman–Crippen MR) is 77.9 cm³/mol. The summed E-state index contributed by atoms with van der Waals surface area (Å²) in [6.45, 7) is 7.10. The van der Waals surface area contributed by atoms with Crippen LogP contribution in [0, 0.1) is 0 Å². The Morgan fingerprint density at radius 1 is 1.05 bits per heavy atom. The molecule has 19 heavy (non-hydrogen) atoms. The van der Waals surface area contributed by atoms with E-state index >= 15 is 0 Å². The third kappa shape index (κ3) is 61.4. The van der Waals surface area contributed by atoms with Crippen molar-refractivity contribution < 1.29 is 25.2 Å². The summed E-state index contributed by atoms with van der Waals surface area (Å²) in [7, 11) is 1.00. The molecule has 5 nitrogen and oxygen atoms in total. The Morgan fingerprint density at radius 2 is 1.26 bits per heavy atom. The van der Waals surface area contributed by atoms with Crippen LogP contribution in [-0.2, 0) is 9.53 Å². The van der Waals surface area contributed by atoms with Gasteiger partial charge in [0.1, 0.15) is 0 Å². The van der Waals surface area contributed by atoms with Crippen LogP contribution in [0.15, 0.2) is 36.4 Å². The molecule has 0 unspecified atom stereocenters. The van der Waals surface area contributed by atoms with Crippen LogP contribution in [-0.4, -0.2) is 41.5 Å². The molecule has 0 bridgehead atoms. The van der Waals surface area contributed by atoms with Gasteiger partial charge in [0.15, 0.2) is 0 Å². The minimum absolute atomic E-state index is 0. The average Bonchev–Trinajstić information content (AvgIpc) is 2.34. The van der Waals surface area contributed by atoms with E-state index in [1.54, 1.807) is 20.8 Å². The molecule has 114 valence electrons. The van der Waals surface area contributed by atoms with Crippen molar-refractivity contribution in [2.75, 3.05) is 13.7 Å². The van der Waals surface area contributed by atoms with Gasteiger partial charge in [-0.15, -0.1) is 0 Å². The number of rotatable bonds is 1. The molecule has 0 saturated carbocycles. The van der Waals surface area contributed by atoms with E-state index in [-0.39, 0.29) is 17.5 Å². The normalized spacial score (nSPS) is 7.16. The molecule has 0 saturated heterocycles. The maximum Gasteiger partial charge on any atom is 0.302 e. The first-order valence-corrected chi connectivity index (χ1v) is 5.76. The number of carbonyl (C=O) groups is 1. The van der Waals surface area contributed by atoms with E-state index in [9.17, 15) is 4.79 Å². The molecular formula is C14H28O5. The van der Waals surface area contributed by atoms with Crippen LogP contribution in [0.1, 0.15) is 27.7 Å². The fourth-order valence-corrected chi connectivity index (χ4v) is 0.588. The summed E-state index contributed by atoms with van der Waals surface area (Å²) in [4.78, 5) is 9.82. The van der Waals surface area contributed by atoms with Crippen LogP contribution >= 0.6 is 0 Å². The molecule has 1 rings (SSSR count). The highest BCUT2D eigenvalue weighted by atomic mass is 16.5. The molecular weight excluding hydrogens is 248 g/mol. The SMILES string of the molecule is CC(C)O.CCOC(C)=O.CO.O.c1ccccc1. The van der Waals surface area contributed by atoms with E-state index in [1.165, 1.54) is 6.92 Å². The van der Waals surface area contributed by atoms with Gasteiger partial charge in [0.25, 0.3) is 0 Å². The first kappa shape index (κ1) is 26.2. The Morgan fingerprint density at radius 3 is 1.32 bits per heavy atom. The molecule has 0 fully saturated rings. The lowest BCUT2D eigenvalue weighted by atomic mass is 10.4. The number of hydrogen-bond donors (Lipinski definition) is 2. The third-order valence-corrected chi connectivity index (χ3v) is 1.01. The lowest BCUT2D eigenvalue weighted by molar-refractivity contribution is -0.140. The zero-order valence-corrected chi connectivity index (χ0v) is 12.5. The Labute approximate surface area is 116 Å². The standard InChI is InChI=1S/C6H6.C4H8O2.C3H8O.CH4O.H2O/c1-2-4-6-5-3-1;1-3-6-4(2)5;1-3(2)4;1-2;/h1-6H;3H2,1-2H3;3-4H,1-2H3;2H,1H3;1H2. The van der Waals surface area contributed by atoms with Crippen molar-refractivity contribution in [2.24, 2.45) is 0 Å². The number of esters is 1. The van der Waals surface area contributed by atoms with E-state index in [1.807, 2.05) is 36.4 Å². The van der Waals surface area contributed by atoms with Gasteiger partial charge in [-0.3, -0.25) is 4.79 Å². The van der Waals surface area contributed by atoms with Crippen LogP contribution < -0.4 is 0 Å². The fraction of sp³-hybridized carbons (Fsp3) is 0.500. The second kappa shape index (κ2) is 25.4. The van der Waals surface area contributed by atoms with E-state index in [0.29, 0.717) is 6.61 Å². The second-order valence-electron chi connectivity index (χ2n) is 3.17. The summed E-state index contributed by atoms with van der Waals surface area (Å²) in [5, 5.41) is 15.1. The van der Waals surface area contributed by atoms with E-state index in [2.05, 4.69) is 4.74 Å². The Hall–Kier alpha value is -1.43. The number of aliphatic hydroxyl groups is 2. The maximum atomic E-state index is 9.82. The monoisotopic (exact) mass is 276 g/mol. The van der Waals surface area contributed by atoms with Crippen LogP contribution in [0.4, 0.5) is 0 Å². The number of hydrogen-bond acceptors (Lipinski definition) is 4. The highest BCUT2D eigenvalue weighted by Crippen LogP contribution is 1.79. The van der Waals surface area contributed by atoms with Crippen LogP contribution in [0.2, 0.25) is 0 Å². The zero-order valence-electron chi connectivity index (χ0n) is 12.5. The first-order chi connectivity index (χ1) is 8.50. The predicted octanol–water partition coefficient (Wildman–Crippen LogP) is 1.43. The van der Waals surface area contributed by atoms with Gasteiger partial charge in [0.2, 0.25) is 0 Å². The molecule has 5 heteroatoms. The molecule has 0 aliphatic carbocycles. The van der Waals surface area contributed by atoms with Gasteiger partial charge in [-0.2, -0.15) is 0 Å². The lowest BCUT2D eigenvalue weighted by Crippen LogP contribution is -1.95. The summed E-state index contributed by atoms with van der Waals surface area (Å²) < 4.78 is 4.40. The fourth-order valence-electron chi connectivity index (χ4n) is 0.588. The van der Waals surface area contributed by atoms with Crippen molar-refractivity contribution >= 4 is 5.97 Å². The van der Waals surface area contributed by atoms with E-state index < -0.39 is 0 Å². The van der Waals surface area contributed by atoms with Gasteiger partial charge in [0, 0.05) is 20.1 Å². The van der Waals surface area contributed by atoms with Gasteiger partial charge in [-0.05, 0) is 20.8 Å². The number of aliphatic hydroxyl groups excluding tert-OH is 2. The van der Waals surface area contributed by atoms with Crippen molar-refractivity contribution in [1.29, 1.82) is 0 Å². The van der Waals surface area contributed by atoms with Crippen LogP contribution in [0.25, 0.3) is 0 Å². The highest BCUT2D eigenvalue weighted by molar-refractivity contribution is 5.65. The van der Waals surface area contributed by atoms with Gasteiger partial charge in [0.05, 0.1) is 6.61 Å². The summed E-state index contributed by atoms with van der Waals surface area (Å²) in [6.07, 6.45) is -0.167. The second-order valence-corrected chi connectivity index (χ2v) is 3.17. The molecule has 1 aromatic rings. The largest absolute Gasteiger partial charge is 0.466 e. The quantitative estimate of drug-likeness (QED) is 0.758.